The van der Waals surface area contributed by atoms with Gasteiger partial charge >= 0.3 is 0 Å². The van der Waals surface area contributed by atoms with Crippen LogP contribution in [0.2, 0.25) is 0 Å². The Bertz CT molecular complexity index is 702. The molecule has 1 aliphatic rings. The summed E-state index contributed by atoms with van der Waals surface area (Å²) in [5.41, 5.74) is 2.67. The third kappa shape index (κ3) is 2.49. The second-order valence-corrected chi connectivity index (χ2v) is 6.71. The standard InChI is InChI=1S/C17H19N3S/c1-18-16(9-13-11-20-7-8-21-17(20)19-13)15-10-14(15)12-5-3-2-4-6-12/h2-8,11,14-16,18H,9-10H2,1H3. The Morgan fingerprint density at radius 3 is 3.00 bits per heavy atom. The molecule has 1 N–H and O–H groups in total. The first-order valence-electron chi connectivity index (χ1n) is 7.48. The summed E-state index contributed by atoms with van der Waals surface area (Å²) in [4.78, 5) is 5.80. The summed E-state index contributed by atoms with van der Waals surface area (Å²) >= 11 is 1.70. The number of benzene rings is 1. The number of likely N-dealkylation sites (N-methyl/N-ethyl adjacent to an activating group) is 1. The minimum atomic E-state index is 0.514. The second kappa shape index (κ2) is 5.28. The Hall–Kier alpha value is -1.65. The lowest BCUT2D eigenvalue weighted by molar-refractivity contribution is 0.487. The number of imidazole rings is 1. The highest BCUT2D eigenvalue weighted by Gasteiger charge is 2.43. The number of hydrogen-bond acceptors (Lipinski definition) is 3. The number of fused-ring (bicyclic) bond motifs is 1. The molecule has 0 bridgehead atoms. The van der Waals surface area contributed by atoms with Crippen molar-refractivity contribution < 1.29 is 0 Å². The van der Waals surface area contributed by atoms with Crippen LogP contribution in [0.1, 0.15) is 23.6 Å². The van der Waals surface area contributed by atoms with E-state index in [-0.39, 0.29) is 0 Å². The fourth-order valence-corrected chi connectivity index (χ4v) is 4.03. The molecule has 0 aliphatic heterocycles. The summed E-state index contributed by atoms with van der Waals surface area (Å²) in [7, 11) is 2.07. The molecule has 3 atom stereocenters. The lowest BCUT2D eigenvalue weighted by Gasteiger charge is -2.15. The third-order valence-electron chi connectivity index (χ3n) is 4.53. The van der Waals surface area contributed by atoms with Crippen LogP contribution in [0.3, 0.4) is 0 Å². The fraction of sp³-hybridized carbons (Fsp3) is 0.353. The van der Waals surface area contributed by atoms with Crippen LogP contribution >= 0.6 is 11.3 Å². The highest BCUT2D eigenvalue weighted by atomic mass is 32.1. The summed E-state index contributed by atoms with van der Waals surface area (Å²) in [5, 5.41) is 5.58. The quantitative estimate of drug-likeness (QED) is 0.782. The number of aromatic nitrogens is 2. The molecule has 0 spiro atoms. The van der Waals surface area contributed by atoms with Gasteiger partial charge in [-0.3, -0.25) is 4.40 Å². The van der Waals surface area contributed by atoms with Gasteiger partial charge in [-0.05, 0) is 30.9 Å². The van der Waals surface area contributed by atoms with Crippen LogP contribution in [0, 0.1) is 5.92 Å². The maximum atomic E-state index is 4.71. The van der Waals surface area contributed by atoms with Crippen LogP contribution in [0.15, 0.2) is 48.1 Å². The van der Waals surface area contributed by atoms with Crippen molar-refractivity contribution >= 4 is 16.3 Å². The lowest BCUT2D eigenvalue weighted by Crippen LogP contribution is -2.30. The molecule has 4 heteroatoms. The summed E-state index contributed by atoms with van der Waals surface area (Å²) in [6, 6.07) is 11.4. The van der Waals surface area contributed by atoms with Gasteiger partial charge in [0.25, 0.3) is 0 Å². The summed E-state index contributed by atoms with van der Waals surface area (Å²) in [6.45, 7) is 0. The van der Waals surface area contributed by atoms with Gasteiger partial charge in [-0.1, -0.05) is 30.3 Å². The van der Waals surface area contributed by atoms with E-state index in [4.69, 9.17) is 4.98 Å². The van der Waals surface area contributed by atoms with Gasteiger partial charge in [0.1, 0.15) is 0 Å². The molecule has 0 radical (unpaired) electrons. The molecule has 1 aliphatic carbocycles. The molecule has 1 fully saturated rings. The predicted molar refractivity (Wildman–Crippen MR) is 86.9 cm³/mol. The summed E-state index contributed by atoms with van der Waals surface area (Å²) in [5.74, 6) is 1.45. The van der Waals surface area contributed by atoms with Crippen molar-refractivity contribution in [1.82, 2.24) is 14.7 Å². The first-order valence-corrected chi connectivity index (χ1v) is 8.36. The largest absolute Gasteiger partial charge is 0.316 e. The average Bonchev–Trinajstić information content (AvgIpc) is 3.04. The van der Waals surface area contributed by atoms with Crippen molar-refractivity contribution in [2.45, 2.75) is 24.8 Å². The van der Waals surface area contributed by atoms with E-state index in [9.17, 15) is 0 Å². The third-order valence-corrected chi connectivity index (χ3v) is 5.30. The Kier molecular flexibility index (Phi) is 3.28. The number of thiazole rings is 1. The minimum Gasteiger partial charge on any atom is -0.316 e. The molecule has 1 aromatic carbocycles. The maximum Gasteiger partial charge on any atom is 0.193 e. The molecule has 3 unspecified atom stereocenters. The number of rotatable bonds is 5. The van der Waals surface area contributed by atoms with Crippen LogP contribution in [0.25, 0.3) is 4.96 Å². The fourth-order valence-electron chi connectivity index (χ4n) is 3.31. The molecule has 3 aromatic rings. The predicted octanol–water partition coefficient (Wildman–Crippen LogP) is 3.33. The van der Waals surface area contributed by atoms with E-state index < -0.39 is 0 Å². The van der Waals surface area contributed by atoms with Crippen LogP contribution in [0.4, 0.5) is 0 Å². The van der Waals surface area contributed by atoms with E-state index in [1.165, 1.54) is 17.7 Å². The van der Waals surface area contributed by atoms with Crippen molar-refractivity contribution in [3.8, 4) is 0 Å². The molecular weight excluding hydrogens is 278 g/mol. The summed E-state index contributed by atoms with van der Waals surface area (Å²) in [6.07, 6.45) is 6.54. The Balaban J connectivity index is 1.47. The molecule has 3 nitrogen and oxygen atoms in total. The van der Waals surface area contributed by atoms with Crippen molar-refractivity contribution in [3.05, 3.63) is 59.4 Å². The van der Waals surface area contributed by atoms with Gasteiger partial charge in [-0.25, -0.2) is 4.98 Å². The van der Waals surface area contributed by atoms with E-state index in [2.05, 4.69) is 64.9 Å². The molecule has 0 amide bonds. The number of hydrogen-bond donors (Lipinski definition) is 1. The van der Waals surface area contributed by atoms with Crippen LogP contribution < -0.4 is 5.32 Å². The first-order chi connectivity index (χ1) is 10.3. The van der Waals surface area contributed by atoms with Gasteiger partial charge < -0.3 is 5.32 Å². The van der Waals surface area contributed by atoms with Crippen molar-refractivity contribution in [3.63, 3.8) is 0 Å². The Morgan fingerprint density at radius 1 is 1.38 bits per heavy atom. The van der Waals surface area contributed by atoms with Gasteiger partial charge in [0.05, 0.1) is 5.69 Å². The average molecular weight is 297 g/mol. The topological polar surface area (TPSA) is 29.3 Å². The monoisotopic (exact) mass is 297 g/mol. The van der Waals surface area contributed by atoms with E-state index in [0.29, 0.717) is 12.0 Å². The molecule has 21 heavy (non-hydrogen) atoms. The van der Waals surface area contributed by atoms with Crippen molar-refractivity contribution in [2.75, 3.05) is 7.05 Å². The van der Waals surface area contributed by atoms with Gasteiger partial charge in [-0.2, -0.15) is 0 Å². The normalized spacial score (nSPS) is 22.5. The smallest absolute Gasteiger partial charge is 0.193 e. The van der Waals surface area contributed by atoms with Crippen LogP contribution in [0.5, 0.6) is 0 Å². The van der Waals surface area contributed by atoms with Crippen LogP contribution in [-0.4, -0.2) is 22.5 Å². The van der Waals surface area contributed by atoms with Gasteiger partial charge in [-0.15, -0.1) is 11.3 Å². The van der Waals surface area contributed by atoms with E-state index in [0.717, 1.165) is 17.3 Å². The van der Waals surface area contributed by atoms with Gasteiger partial charge in [0, 0.05) is 30.2 Å². The van der Waals surface area contributed by atoms with E-state index in [1.807, 2.05) is 0 Å². The Morgan fingerprint density at radius 2 is 2.24 bits per heavy atom. The number of nitrogens with one attached hydrogen (secondary N) is 1. The zero-order valence-corrected chi connectivity index (χ0v) is 12.9. The maximum absolute atomic E-state index is 4.71. The zero-order chi connectivity index (χ0) is 14.2. The SMILES string of the molecule is CNC(Cc1cn2ccsc2n1)C1CC1c1ccccc1. The lowest BCUT2D eigenvalue weighted by atomic mass is 10.0. The molecule has 0 saturated heterocycles. The molecule has 1 saturated carbocycles. The van der Waals surface area contributed by atoms with Crippen LogP contribution in [-0.2, 0) is 6.42 Å². The highest BCUT2D eigenvalue weighted by molar-refractivity contribution is 7.15. The molecule has 108 valence electrons. The second-order valence-electron chi connectivity index (χ2n) is 5.84. The van der Waals surface area contributed by atoms with E-state index in [1.54, 1.807) is 11.3 Å². The number of nitrogens with zero attached hydrogens (tertiary/aromatic N) is 2. The van der Waals surface area contributed by atoms with E-state index >= 15 is 0 Å². The molecule has 2 aromatic heterocycles. The molecule has 2 heterocycles. The van der Waals surface area contributed by atoms with Crippen molar-refractivity contribution in [2.24, 2.45) is 5.92 Å². The highest BCUT2D eigenvalue weighted by Crippen LogP contribution is 2.49. The minimum absolute atomic E-state index is 0.514. The summed E-state index contributed by atoms with van der Waals surface area (Å²) < 4.78 is 2.12. The molecule has 4 rings (SSSR count). The van der Waals surface area contributed by atoms with Gasteiger partial charge in [0.15, 0.2) is 4.96 Å². The molecular formula is C17H19N3S. The van der Waals surface area contributed by atoms with Gasteiger partial charge in [0.2, 0.25) is 0 Å². The first kappa shape index (κ1) is 13.0. The Labute approximate surface area is 128 Å². The van der Waals surface area contributed by atoms with Crippen molar-refractivity contribution in [1.29, 1.82) is 0 Å². The zero-order valence-electron chi connectivity index (χ0n) is 12.1.